The third kappa shape index (κ3) is 4.93. The van der Waals surface area contributed by atoms with E-state index in [0.717, 1.165) is 25.1 Å². The summed E-state index contributed by atoms with van der Waals surface area (Å²) in [6.45, 7) is 5.39. The van der Waals surface area contributed by atoms with Crippen LogP contribution in [0.25, 0.3) is 0 Å². The second-order valence-electron chi connectivity index (χ2n) is 6.69. The fraction of sp³-hybridized carbons (Fsp3) is 0.632. The third-order valence-corrected chi connectivity index (χ3v) is 8.02. The van der Waals surface area contributed by atoms with Gasteiger partial charge in [0.15, 0.2) is 0 Å². The lowest BCUT2D eigenvalue weighted by Gasteiger charge is -2.33. The molecule has 2 heterocycles. The standard InChI is InChI=1S/C19H28N2OS2/c1-15-5-2-3-11-21(15)12-4-10-20-18(22)16-6-8-17(9-7-16)19-23-13-14-24-19/h6-9,15,19H,2-5,10-14H2,1H3,(H,20,22)/t15-/m0/s1. The number of nitrogens with one attached hydrogen (secondary N) is 1. The molecule has 1 N–H and O–H groups in total. The van der Waals surface area contributed by atoms with Crippen molar-refractivity contribution in [3.8, 4) is 0 Å². The van der Waals surface area contributed by atoms with E-state index >= 15 is 0 Å². The number of piperidine rings is 1. The van der Waals surface area contributed by atoms with Crippen LogP contribution in [-0.4, -0.2) is 48.0 Å². The molecule has 2 aliphatic heterocycles. The zero-order valence-electron chi connectivity index (χ0n) is 14.5. The molecule has 0 radical (unpaired) electrons. The lowest BCUT2D eigenvalue weighted by molar-refractivity contribution is 0.0949. The molecule has 0 aliphatic carbocycles. The summed E-state index contributed by atoms with van der Waals surface area (Å²) in [5.74, 6) is 2.51. The lowest BCUT2D eigenvalue weighted by atomic mass is 10.0. The molecule has 0 spiro atoms. The minimum absolute atomic E-state index is 0.0555. The van der Waals surface area contributed by atoms with Crippen molar-refractivity contribution in [1.82, 2.24) is 10.2 Å². The van der Waals surface area contributed by atoms with Crippen LogP contribution in [0.3, 0.4) is 0 Å². The second-order valence-corrected chi connectivity index (χ2v) is 9.41. The van der Waals surface area contributed by atoms with E-state index in [1.54, 1.807) is 0 Å². The second kappa shape index (κ2) is 9.16. The molecule has 2 aliphatic rings. The SMILES string of the molecule is C[C@H]1CCCCN1CCCNC(=O)c1ccc(C2SCCS2)cc1. The number of thioether (sulfide) groups is 2. The van der Waals surface area contributed by atoms with Gasteiger partial charge in [0.1, 0.15) is 0 Å². The molecule has 1 aromatic rings. The van der Waals surface area contributed by atoms with Crippen molar-refractivity contribution in [2.75, 3.05) is 31.1 Å². The Hall–Kier alpha value is -0.650. The van der Waals surface area contributed by atoms with E-state index in [1.165, 1.54) is 42.9 Å². The maximum absolute atomic E-state index is 12.3. The first kappa shape index (κ1) is 18.2. The lowest BCUT2D eigenvalue weighted by Crippen LogP contribution is -2.39. The minimum Gasteiger partial charge on any atom is -0.352 e. The maximum Gasteiger partial charge on any atom is 0.251 e. The maximum atomic E-state index is 12.3. The highest BCUT2D eigenvalue weighted by atomic mass is 32.2. The van der Waals surface area contributed by atoms with Gasteiger partial charge in [0.2, 0.25) is 0 Å². The van der Waals surface area contributed by atoms with Gasteiger partial charge in [0, 0.05) is 36.2 Å². The van der Waals surface area contributed by atoms with Gasteiger partial charge in [-0.1, -0.05) is 18.6 Å². The number of rotatable bonds is 6. The minimum atomic E-state index is 0.0555. The van der Waals surface area contributed by atoms with Gasteiger partial charge in [-0.2, -0.15) is 0 Å². The van der Waals surface area contributed by atoms with Crippen molar-refractivity contribution in [3.63, 3.8) is 0 Å². The highest BCUT2D eigenvalue weighted by Gasteiger charge is 2.19. The fourth-order valence-electron chi connectivity index (χ4n) is 3.42. The molecule has 0 bridgehead atoms. The van der Waals surface area contributed by atoms with E-state index in [1.807, 2.05) is 35.7 Å². The van der Waals surface area contributed by atoms with Crippen molar-refractivity contribution < 1.29 is 4.79 Å². The van der Waals surface area contributed by atoms with Gasteiger partial charge < -0.3 is 10.2 Å². The molecule has 1 amide bonds. The van der Waals surface area contributed by atoms with Crippen molar-refractivity contribution in [2.24, 2.45) is 0 Å². The summed E-state index contributed by atoms with van der Waals surface area (Å²) in [6.07, 6.45) is 5.03. The Morgan fingerprint density at radius 2 is 1.96 bits per heavy atom. The molecule has 1 atom stereocenters. The highest BCUT2D eigenvalue weighted by molar-refractivity contribution is 8.19. The largest absolute Gasteiger partial charge is 0.352 e. The summed E-state index contributed by atoms with van der Waals surface area (Å²) >= 11 is 4.00. The number of carbonyl (C=O) groups excluding carboxylic acids is 1. The van der Waals surface area contributed by atoms with Gasteiger partial charge in [0.05, 0.1) is 4.58 Å². The summed E-state index contributed by atoms with van der Waals surface area (Å²) in [5.41, 5.74) is 2.11. The zero-order valence-corrected chi connectivity index (χ0v) is 16.1. The Balaban J connectivity index is 1.40. The van der Waals surface area contributed by atoms with Crippen LogP contribution in [0.4, 0.5) is 0 Å². The molecule has 2 fully saturated rings. The van der Waals surface area contributed by atoms with Crippen LogP contribution >= 0.6 is 23.5 Å². The topological polar surface area (TPSA) is 32.3 Å². The first-order valence-corrected chi connectivity index (χ1v) is 11.2. The van der Waals surface area contributed by atoms with Crippen molar-refractivity contribution in [3.05, 3.63) is 35.4 Å². The van der Waals surface area contributed by atoms with Crippen LogP contribution < -0.4 is 5.32 Å². The number of carbonyl (C=O) groups is 1. The molecule has 2 saturated heterocycles. The Morgan fingerprint density at radius 3 is 2.67 bits per heavy atom. The van der Waals surface area contributed by atoms with Crippen LogP contribution in [0, 0.1) is 0 Å². The van der Waals surface area contributed by atoms with Crippen LogP contribution in [0.5, 0.6) is 0 Å². The monoisotopic (exact) mass is 364 g/mol. The molecule has 0 aromatic heterocycles. The van der Waals surface area contributed by atoms with E-state index in [9.17, 15) is 4.79 Å². The van der Waals surface area contributed by atoms with Crippen LogP contribution in [-0.2, 0) is 0 Å². The van der Waals surface area contributed by atoms with Gasteiger partial charge in [-0.3, -0.25) is 4.79 Å². The molecule has 132 valence electrons. The van der Waals surface area contributed by atoms with Crippen LogP contribution in [0.1, 0.15) is 53.1 Å². The van der Waals surface area contributed by atoms with Crippen molar-refractivity contribution in [1.29, 1.82) is 0 Å². The summed E-state index contributed by atoms with van der Waals surface area (Å²) in [4.78, 5) is 14.8. The molecule has 24 heavy (non-hydrogen) atoms. The molecule has 3 rings (SSSR count). The van der Waals surface area contributed by atoms with E-state index in [-0.39, 0.29) is 5.91 Å². The van der Waals surface area contributed by atoms with Crippen LogP contribution in [0.15, 0.2) is 24.3 Å². The molecule has 1 aromatic carbocycles. The predicted molar refractivity (Wildman–Crippen MR) is 106 cm³/mol. The van der Waals surface area contributed by atoms with Gasteiger partial charge >= 0.3 is 0 Å². The molecule has 5 heteroatoms. The Kier molecular flexibility index (Phi) is 6.93. The van der Waals surface area contributed by atoms with Crippen molar-refractivity contribution >= 4 is 29.4 Å². The molecule has 0 saturated carbocycles. The van der Waals surface area contributed by atoms with Gasteiger partial charge in [0.25, 0.3) is 5.91 Å². The summed E-state index contributed by atoms with van der Waals surface area (Å²) < 4.78 is 0.550. The molecular weight excluding hydrogens is 336 g/mol. The smallest absolute Gasteiger partial charge is 0.251 e. The number of amides is 1. The van der Waals surface area contributed by atoms with Gasteiger partial charge in [-0.05, 0) is 50.4 Å². The average Bonchev–Trinajstić information content (AvgIpc) is 3.15. The number of likely N-dealkylation sites (tertiary alicyclic amines) is 1. The first-order valence-electron chi connectivity index (χ1n) is 9.09. The first-order chi connectivity index (χ1) is 11.7. The van der Waals surface area contributed by atoms with E-state index in [2.05, 4.69) is 29.3 Å². The number of nitrogens with zero attached hydrogens (tertiary/aromatic N) is 1. The summed E-state index contributed by atoms with van der Waals surface area (Å²) in [5, 5.41) is 3.07. The summed E-state index contributed by atoms with van der Waals surface area (Å²) in [7, 11) is 0. The molecule has 0 unspecified atom stereocenters. The van der Waals surface area contributed by atoms with Crippen molar-refractivity contribution in [2.45, 2.75) is 43.2 Å². The number of hydrogen-bond donors (Lipinski definition) is 1. The summed E-state index contributed by atoms with van der Waals surface area (Å²) in [6, 6.07) is 8.86. The third-order valence-electron chi connectivity index (χ3n) is 4.92. The number of benzene rings is 1. The fourth-order valence-corrected chi connectivity index (χ4v) is 6.28. The van der Waals surface area contributed by atoms with Gasteiger partial charge in [-0.25, -0.2) is 0 Å². The Bertz CT molecular complexity index is 529. The molecular formula is C19H28N2OS2. The Labute approximate surface area is 154 Å². The number of hydrogen-bond acceptors (Lipinski definition) is 4. The van der Waals surface area contributed by atoms with E-state index in [4.69, 9.17) is 0 Å². The van der Waals surface area contributed by atoms with E-state index in [0.29, 0.717) is 10.6 Å². The predicted octanol–water partition coefficient (Wildman–Crippen LogP) is 4.16. The molecule has 3 nitrogen and oxygen atoms in total. The average molecular weight is 365 g/mol. The normalized spacial score (nSPS) is 22.6. The quantitative estimate of drug-likeness (QED) is 0.768. The van der Waals surface area contributed by atoms with Gasteiger partial charge in [-0.15, -0.1) is 23.5 Å². The van der Waals surface area contributed by atoms with Crippen LogP contribution in [0.2, 0.25) is 0 Å². The van der Waals surface area contributed by atoms with E-state index < -0.39 is 0 Å². The Morgan fingerprint density at radius 1 is 1.21 bits per heavy atom. The highest BCUT2D eigenvalue weighted by Crippen LogP contribution is 2.45. The zero-order chi connectivity index (χ0) is 16.8.